The van der Waals surface area contributed by atoms with Crippen molar-refractivity contribution in [1.29, 1.82) is 0 Å². The molecule has 0 spiro atoms. The number of hydrogen-bond donors (Lipinski definition) is 1. The van der Waals surface area contributed by atoms with E-state index in [0.717, 1.165) is 18.9 Å². The predicted molar refractivity (Wildman–Crippen MR) is 74.3 cm³/mol. The molecule has 1 saturated carbocycles. The highest BCUT2D eigenvalue weighted by Crippen LogP contribution is 2.35. The molecule has 1 atom stereocenters. The zero-order valence-corrected chi connectivity index (χ0v) is 11.8. The lowest BCUT2D eigenvalue weighted by molar-refractivity contribution is 0.438. The van der Waals surface area contributed by atoms with E-state index in [2.05, 4.69) is 31.4 Å². The van der Waals surface area contributed by atoms with Gasteiger partial charge in [0.25, 0.3) is 0 Å². The van der Waals surface area contributed by atoms with Crippen LogP contribution in [0, 0.1) is 0 Å². The summed E-state index contributed by atoms with van der Waals surface area (Å²) >= 11 is 0. The van der Waals surface area contributed by atoms with E-state index in [9.17, 15) is 0 Å². The zero-order valence-electron chi connectivity index (χ0n) is 11.8. The monoisotopic (exact) mass is 272 g/mol. The van der Waals surface area contributed by atoms with E-state index < -0.39 is 0 Å². The van der Waals surface area contributed by atoms with Gasteiger partial charge in [0.05, 0.1) is 12.2 Å². The molecule has 1 N–H and O–H groups in total. The van der Waals surface area contributed by atoms with E-state index in [0.29, 0.717) is 5.92 Å². The molecule has 2 aliphatic rings. The minimum absolute atomic E-state index is 0.125. The second-order valence-electron chi connectivity index (χ2n) is 5.88. The summed E-state index contributed by atoms with van der Waals surface area (Å²) in [4.78, 5) is 0. The van der Waals surface area contributed by atoms with Gasteiger partial charge in [-0.1, -0.05) is 12.8 Å². The van der Waals surface area contributed by atoms with Gasteiger partial charge in [0.2, 0.25) is 0 Å². The molecule has 6 heteroatoms. The molecule has 106 valence electrons. The summed E-state index contributed by atoms with van der Waals surface area (Å²) in [5, 5.41) is 16.8. The first kappa shape index (κ1) is 12.1. The highest BCUT2D eigenvalue weighted by molar-refractivity contribution is 5.22. The van der Waals surface area contributed by atoms with Crippen LogP contribution in [0.4, 0.5) is 0 Å². The van der Waals surface area contributed by atoms with Gasteiger partial charge in [-0.2, -0.15) is 5.10 Å². The van der Waals surface area contributed by atoms with Gasteiger partial charge in [-0.15, -0.1) is 10.2 Å². The van der Waals surface area contributed by atoms with Gasteiger partial charge in [-0.05, 0) is 12.8 Å². The Bertz CT molecular complexity index is 607. The summed E-state index contributed by atoms with van der Waals surface area (Å²) in [6, 6.07) is 0.125. The maximum absolute atomic E-state index is 4.51. The van der Waals surface area contributed by atoms with Crippen LogP contribution in [0.2, 0.25) is 0 Å². The standard InChI is InChI=1S/C14H20N6/c1-19-9-11(8-16-19)12-14-18-17-13(10-4-2-3-5-10)20(14)7-6-15-12/h8-10,12,15H,2-7H2,1H3. The lowest BCUT2D eigenvalue weighted by atomic mass is 10.1. The normalized spacial score (nSPS) is 23.1. The van der Waals surface area contributed by atoms with Gasteiger partial charge in [-0.3, -0.25) is 4.68 Å². The molecule has 2 aromatic rings. The lowest BCUT2D eigenvalue weighted by Crippen LogP contribution is -2.35. The van der Waals surface area contributed by atoms with Crippen molar-refractivity contribution in [2.45, 2.75) is 44.2 Å². The van der Waals surface area contributed by atoms with E-state index in [1.165, 1.54) is 37.1 Å². The van der Waals surface area contributed by atoms with Crippen LogP contribution in [0.25, 0.3) is 0 Å². The molecule has 1 unspecified atom stereocenters. The van der Waals surface area contributed by atoms with E-state index in [-0.39, 0.29) is 6.04 Å². The third-order valence-corrected chi connectivity index (χ3v) is 4.53. The van der Waals surface area contributed by atoms with Crippen LogP contribution in [0.5, 0.6) is 0 Å². The van der Waals surface area contributed by atoms with Crippen LogP contribution in [0.3, 0.4) is 0 Å². The molecule has 0 bridgehead atoms. The van der Waals surface area contributed by atoms with Crippen molar-refractivity contribution in [2.24, 2.45) is 7.05 Å². The molecule has 1 aliphatic carbocycles. The zero-order chi connectivity index (χ0) is 13.5. The summed E-state index contributed by atoms with van der Waals surface area (Å²) in [6.45, 7) is 1.94. The molecular formula is C14H20N6. The minimum atomic E-state index is 0.125. The van der Waals surface area contributed by atoms with Crippen LogP contribution in [-0.4, -0.2) is 31.1 Å². The smallest absolute Gasteiger partial charge is 0.154 e. The maximum atomic E-state index is 4.51. The number of aromatic nitrogens is 5. The number of nitrogens with zero attached hydrogens (tertiary/aromatic N) is 5. The summed E-state index contributed by atoms with van der Waals surface area (Å²) in [7, 11) is 1.95. The minimum Gasteiger partial charge on any atom is -0.312 e. The molecule has 0 amide bonds. The van der Waals surface area contributed by atoms with Crippen molar-refractivity contribution in [2.75, 3.05) is 6.54 Å². The highest BCUT2D eigenvalue weighted by atomic mass is 15.3. The summed E-state index contributed by atoms with van der Waals surface area (Å²) in [5.41, 5.74) is 1.17. The number of rotatable bonds is 2. The van der Waals surface area contributed by atoms with Gasteiger partial charge < -0.3 is 9.88 Å². The van der Waals surface area contributed by atoms with Gasteiger partial charge in [-0.25, -0.2) is 0 Å². The highest BCUT2D eigenvalue weighted by Gasteiger charge is 2.30. The van der Waals surface area contributed by atoms with Gasteiger partial charge in [0, 0.05) is 37.8 Å². The quantitative estimate of drug-likeness (QED) is 0.897. The average molecular weight is 272 g/mol. The summed E-state index contributed by atoms with van der Waals surface area (Å²) in [6.07, 6.45) is 9.16. The fourth-order valence-electron chi connectivity index (χ4n) is 3.52. The Kier molecular flexibility index (Phi) is 2.84. The molecule has 3 heterocycles. The molecule has 4 rings (SSSR count). The number of hydrogen-bond acceptors (Lipinski definition) is 4. The molecule has 1 aliphatic heterocycles. The van der Waals surface area contributed by atoms with Crippen LogP contribution in [0.15, 0.2) is 12.4 Å². The van der Waals surface area contributed by atoms with Crippen LogP contribution >= 0.6 is 0 Å². The fourth-order valence-corrected chi connectivity index (χ4v) is 3.52. The second kappa shape index (κ2) is 4.70. The van der Waals surface area contributed by atoms with Crippen molar-refractivity contribution >= 4 is 0 Å². The van der Waals surface area contributed by atoms with Gasteiger partial charge >= 0.3 is 0 Å². The SMILES string of the molecule is Cn1cc(C2NCCn3c(C4CCCC4)nnc32)cn1. The predicted octanol–water partition coefficient (Wildman–Crippen LogP) is 1.36. The second-order valence-corrected chi connectivity index (χ2v) is 5.88. The molecule has 1 fully saturated rings. The van der Waals surface area contributed by atoms with E-state index in [4.69, 9.17) is 0 Å². The van der Waals surface area contributed by atoms with Crippen molar-refractivity contribution < 1.29 is 0 Å². The summed E-state index contributed by atoms with van der Waals surface area (Å²) in [5.74, 6) is 2.86. The third-order valence-electron chi connectivity index (χ3n) is 4.53. The Morgan fingerprint density at radius 2 is 2.00 bits per heavy atom. The van der Waals surface area contributed by atoms with Crippen molar-refractivity contribution in [3.8, 4) is 0 Å². The van der Waals surface area contributed by atoms with E-state index in [1.807, 2.05) is 17.9 Å². The molecule has 0 saturated heterocycles. The first-order chi connectivity index (χ1) is 9.83. The van der Waals surface area contributed by atoms with Crippen molar-refractivity contribution in [1.82, 2.24) is 29.9 Å². The van der Waals surface area contributed by atoms with E-state index >= 15 is 0 Å². The molecule has 2 aromatic heterocycles. The number of aryl methyl sites for hydroxylation is 1. The maximum Gasteiger partial charge on any atom is 0.154 e. The summed E-state index contributed by atoms with van der Waals surface area (Å²) < 4.78 is 4.17. The number of nitrogens with one attached hydrogen (secondary N) is 1. The Balaban J connectivity index is 1.71. The fraction of sp³-hybridized carbons (Fsp3) is 0.643. The van der Waals surface area contributed by atoms with E-state index in [1.54, 1.807) is 0 Å². The van der Waals surface area contributed by atoms with Gasteiger partial charge in [0.1, 0.15) is 5.82 Å². The molecule has 0 aromatic carbocycles. The first-order valence-electron chi connectivity index (χ1n) is 7.48. The largest absolute Gasteiger partial charge is 0.312 e. The van der Waals surface area contributed by atoms with Crippen LogP contribution in [-0.2, 0) is 13.6 Å². The molecule has 0 radical (unpaired) electrons. The van der Waals surface area contributed by atoms with Gasteiger partial charge in [0.15, 0.2) is 5.82 Å². The Morgan fingerprint density at radius 1 is 1.20 bits per heavy atom. The Labute approximate surface area is 118 Å². The third kappa shape index (κ3) is 1.86. The topological polar surface area (TPSA) is 60.6 Å². The lowest BCUT2D eigenvalue weighted by Gasteiger charge is -2.25. The van der Waals surface area contributed by atoms with Crippen LogP contribution < -0.4 is 5.32 Å². The molecule has 6 nitrogen and oxygen atoms in total. The first-order valence-corrected chi connectivity index (χ1v) is 7.48. The molecule has 20 heavy (non-hydrogen) atoms. The average Bonchev–Trinajstić information content (AvgIpc) is 3.17. The molecular weight excluding hydrogens is 252 g/mol. The number of fused-ring (bicyclic) bond motifs is 1. The van der Waals surface area contributed by atoms with Crippen molar-refractivity contribution in [3.05, 3.63) is 29.6 Å². The Morgan fingerprint density at radius 3 is 2.75 bits per heavy atom. The Hall–Kier alpha value is -1.69. The van der Waals surface area contributed by atoms with Crippen molar-refractivity contribution in [3.63, 3.8) is 0 Å². The van der Waals surface area contributed by atoms with Crippen LogP contribution in [0.1, 0.15) is 54.9 Å².